The summed E-state index contributed by atoms with van der Waals surface area (Å²) in [5.41, 5.74) is 1.90. The van der Waals surface area contributed by atoms with Crippen LogP contribution < -0.4 is 10.5 Å². The molecule has 1 aliphatic heterocycles. The Kier molecular flexibility index (Phi) is 7.00. The van der Waals surface area contributed by atoms with E-state index in [1.807, 2.05) is 19.1 Å². The third-order valence-electron chi connectivity index (χ3n) is 6.14. The molecule has 1 aliphatic carbocycles. The zero-order valence-electron chi connectivity index (χ0n) is 19.0. The van der Waals surface area contributed by atoms with Crippen molar-refractivity contribution in [1.29, 1.82) is 0 Å². The van der Waals surface area contributed by atoms with E-state index in [9.17, 15) is 9.59 Å². The second-order valence-corrected chi connectivity index (χ2v) is 10.2. The molecule has 1 saturated heterocycles. The van der Waals surface area contributed by atoms with Crippen molar-refractivity contribution in [3.05, 3.63) is 44.7 Å². The van der Waals surface area contributed by atoms with Gasteiger partial charge in [0, 0.05) is 25.3 Å². The summed E-state index contributed by atoms with van der Waals surface area (Å²) >= 11 is 6.86. The third kappa shape index (κ3) is 4.22. The van der Waals surface area contributed by atoms with Crippen molar-refractivity contribution in [2.24, 2.45) is 0 Å². The first kappa shape index (κ1) is 23.0. The molecule has 0 unspecified atom stereocenters. The summed E-state index contributed by atoms with van der Waals surface area (Å²) in [5, 5.41) is 0. The average Bonchev–Trinajstić information content (AvgIpc) is 3.38. The average molecular weight is 471 g/mol. The predicted molar refractivity (Wildman–Crippen MR) is 136 cm³/mol. The van der Waals surface area contributed by atoms with Crippen molar-refractivity contribution in [1.82, 2.24) is 14.3 Å². The summed E-state index contributed by atoms with van der Waals surface area (Å²) in [6.07, 6.45) is 9.59. The maximum Gasteiger partial charge on any atom is 0.267 e. The van der Waals surface area contributed by atoms with Crippen LogP contribution in [0.25, 0.3) is 11.7 Å². The minimum Gasteiger partial charge on any atom is -0.356 e. The van der Waals surface area contributed by atoms with Gasteiger partial charge < -0.3 is 4.90 Å². The zero-order valence-corrected chi connectivity index (χ0v) is 20.6. The highest BCUT2D eigenvalue weighted by molar-refractivity contribution is 8.26. The van der Waals surface area contributed by atoms with Gasteiger partial charge in [0.2, 0.25) is 0 Å². The maximum absolute atomic E-state index is 13.6. The Morgan fingerprint density at radius 2 is 1.91 bits per heavy atom. The number of thioether (sulfide) groups is 1. The van der Waals surface area contributed by atoms with Gasteiger partial charge in [0.15, 0.2) is 0 Å². The van der Waals surface area contributed by atoms with E-state index in [4.69, 9.17) is 17.2 Å². The van der Waals surface area contributed by atoms with Crippen molar-refractivity contribution in [3.8, 4) is 0 Å². The van der Waals surface area contributed by atoms with Crippen LogP contribution in [0, 0.1) is 6.92 Å². The fraction of sp³-hybridized carbons (Fsp3) is 0.500. The van der Waals surface area contributed by atoms with Crippen molar-refractivity contribution in [3.63, 3.8) is 0 Å². The van der Waals surface area contributed by atoms with Crippen LogP contribution in [-0.4, -0.2) is 43.6 Å². The lowest BCUT2D eigenvalue weighted by molar-refractivity contribution is -0.123. The van der Waals surface area contributed by atoms with Gasteiger partial charge in [0.05, 0.1) is 10.5 Å². The topological polar surface area (TPSA) is 57.9 Å². The molecule has 0 bridgehead atoms. The highest BCUT2D eigenvalue weighted by atomic mass is 32.2. The normalized spacial score (nSPS) is 18.5. The van der Waals surface area contributed by atoms with Crippen molar-refractivity contribution in [2.75, 3.05) is 18.0 Å². The van der Waals surface area contributed by atoms with E-state index in [-0.39, 0.29) is 17.5 Å². The molecular formula is C24H30N4O2S2. The summed E-state index contributed by atoms with van der Waals surface area (Å²) in [7, 11) is 0. The van der Waals surface area contributed by atoms with E-state index in [2.05, 4.69) is 18.7 Å². The summed E-state index contributed by atoms with van der Waals surface area (Å²) in [6.45, 7) is 7.79. The standard InChI is InChI=1S/C24H30N4O2S2/c1-4-12-26(13-5-2)21-18(22(29)27-14-8-9-16(3)20(27)25-21)15-19-23(30)28(24(31)32-19)17-10-6-7-11-17/h8-9,14-15,17H,4-7,10-13H2,1-3H3. The Balaban J connectivity index is 1.86. The number of pyridine rings is 1. The fourth-order valence-corrected chi connectivity index (χ4v) is 6.00. The third-order valence-corrected chi connectivity index (χ3v) is 7.47. The summed E-state index contributed by atoms with van der Waals surface area (Å²) < 4.78 is 2.18. The molecule has 0 atom stereocenters. The smallest absolute Gasteiger partial charge is 0.267 e. The van der Waals surface area contributed by atoms with Gasteiger partial charge in [-0.25, -0.2) is 4.98 Å². The lowest BCUT2D eigenvalue weighted by atomic mass is 10.2. The molecule has 6 nitrogen and oxygen atoms in total. The number of amides is 1. The number of thiocarbonyl (C=S) groups is 1. The Morgan fingerprint density at radius 1 is 1.22 bits per heavy atom. The second-order valence-electron chi connectivity index (χ2n) is 8.52. The molecule has 4 rings (SSSR count). The van der Waals surface area contributed by atoms with Crippen LogP contribution in [0.3, 0.4) is 0 Å². The van der Waals surface area contributed by atoms with Gasteiger partial charge in [-0.15, -0.1) is 0 Å². The summed E-state index contributed by atoms with van der Waals surface area (Å²) in [6, 6.07) is 4.00. The molecule has 32 heavy (non-hydrogen) atoms. The van der Waals surface area contributed by atoms with Gasteiger partial charge in [-0.3, -0.25) is 18.9 Å². The van der Waals surface area contributed by atoms with E-state index in [0.29, 0.717) is 26.3 Å². The molecular weight excluding hydrogens is 440 g/mol. The molecule has 0 N–H and O–H groups in total. The number of aromatic nitrogens is 2. The van der Waals surface area contributed by atoms with Crippen LogP contribution in [0.4, 0.5) is 5.82 Å². The Labute approximate surface area is 198 Å². The van der Waals surface area contributed by atoms with Gasteiger partial charge in [-0.1, -0.05) is 56.7 Å². The number of hydrogen-bond donors (Lipinski definition) is 0. The summed E-state index contributed by atoms with van der Waals surface area (Å²) in [4.78, 5) is 36.3. The lowest BCUT2D eigenvalue weighted by Gasteiger charge is -2.25. The van der Waals surface area contributed by atoms with E-state index >= 15 is 0 Å². The number of fused-ring (bicyclic) bond motifs is 1. The molecule has 2 aromatic rings. The molecule has 3 heterocycles. The number of anilines is 1. The molecule has 2 aliphatic rings. The Morgan fingerprint density at radius 3 is 2.56 bits per heavy atom. The monoisotopic (exact) mass is 470 g/mol. The first-order valence-electron chi connectivity index (χ1n) is 11.5. The highest BCUT2D eigenvalue weighted by Gasteiger charge is 2.38. The number of rotatable bonds is 7. The maximum atomic E-state index is 13.6. The summed E-state index contributed by atoms with van der Waals surface area (Å²) in [5.74, 6) is 0.572. The van der Waals surface area contributed by atoms with Gasteiger partial charge in [0.25, 0.3) is 11.5 Å². The second kappa shape index (κ2) is 9.75. The molecule has 0 radical (unpaired) electrons. The van der Waals surface area contributed by atoms with E-state index in [1.54, 1.807) is 21.6 Å². The van der Waals surface area contributed by atoms with Crippen molar-refractivity contribution in [2.45, 2.75) is 65.3 Å². The van der Waals surface area contributed by atoms with Gasteiger partial charge >= 0.3 is 0 Å². The van der Waals surface area contributed by atoms with Crippen LogP contribution >= 0.6 is 24.0 Å². The fourth-order valence-electron chi connectivity index (χ4n) is 4.62. The minimum absolute atomic E-state index is 0.0795. The molecule has 170 valence electrons. The number of hydrogen-bond acceptors (Lipinski definition) is 6. The first-order chi connectivity index (χ1) is 15.5. The van der Waals surface area contributed by atoms with Crippen LogP contribution in [0.2, 0.25) is 0 Å². The van der Waals surface area contributed by atoms with Crippen LogP contribution in [0.15, 0.2) is 28.0 Å². The quantitative estimate of drug-likeness (QED) is 0.429. The SMILES string of the molecule is CCCN(CCC)c1nc2c(C)cccn2c(=O)c1C=C1SC(=S)N(C2CCCC2)C1=O. The van der Waals surface area contributed by atoms with Gasteiger partial charge in [-0.2, -0.15) is 0 Å². The number of nitrogens with zero attached hydrogens (tertiary/aromatic N) is 4. The molecule has 0 spiro atoms. The lowest BCUT2D eigenvalue weighted by Crippen LogP contribution is -2.36. The minimum atomic E-state index is -0.156. The number of aryl methyl sites for hydroxylation is 1. The molecule has 1 amide bonds. The van der Waals surface area contributed by atoms with Crippen LogP contribution in [0.1, 0.15) is 63.5 Å². The molecule has 1 saturated carbocycles. The van der Waals surface area contributed by atoms with Crippen LogP contribution in [-0.2, 0) is 4.79 Å². The number of carbonyl (C=O) groups excluding carboxylic acids is 1. The predicted octanol–water partition coefficient (Wildman–Crippen LogP) is 4.77. The van der Waals surface area contributed by atoms with Crippen molar-refractivity contribution < 1.29 is 4.79 Å². The van der Waals surface area contributed by atoms with Crippen LogP contribution in [0.5, 0.6) is 0 Å². The Hall–Kier alpha value is -2.19. The number of carbonyl (C=O) groups is 1. The molecule has 0 aromatic carbocycles. The molecule has 2 fully saturated rings. The van der Waals surface area contributed by atoms with Gasteiger partial charge in [-0.05, 0) is 50.3 Å². The van der Waals surface area contributed by atoms with Crippen molar-refractivity contribution >= 4 is 51.7 Å². The highest BCUT2D eigenvalue weighted by Crippen LogP contribution is 2.38. The largest absolute Gasteiger partial charge is 0.356 e. The van der Waals surface area contributed by atoms with E-state index < -0.39 is 0 Å². The van der Waals surface area contributed by atoms with Gasteiger partial charge in [0.1, 0.15) is 15.8 Å². The molecule has 2 aromatic heterocycles. The first-order valence-corrected chi connectivity index (χ1v) is 12.7. The zero-order chi connectivity index (χ0) is 22.8. The van der Waals surface area contributed by atoms with E-state index in [1.165, 1.54) is 11.8 Å². The van der Waals surface area contributed by atoms with E-state index in [0.717, 1.165) is 57.2 Å². The molecule has 8 heteroatoms. The Bertz CT molecular complexity index is 1130.